The smallest absolute Gasteiger partial charge is 0.251 e. The van der Waals surface area contributed by atoms with E-state index >= 15 is 0 Å². The van der Waals surface area contributed by atoms with Gasteiger partial charge in [-0.2, -0.15) is 0 Å². The van der Waals surface area contributed by atoms with E-state index in [0.717, 1.165) is 24.8 Å². The summed E-state index contributed by atoms with van der Waals surface area (Å²) >= 11 is 0. The van der Waals surface area contributed by atoms with Gasteiger partial charge in [0, 0.05) is 36.9 Å². The lowest BCUT2D eigenvalue weighted by molar-refractivity contribution is 0.0332. The minimum Gasteiger partial charge on any atom is -0.381 e. The fourth-order valence-electron chi connectivity index (χ4n) is 4.03. The third-order valence-corrected chi connectivity index (χ3v) is 5.72. The molecule has 1 aliphatic rings. The van der Waals surface area contributed by atoms with Crippen LogP contribution in [0, 0.1) is 5.92 Å². The number of rotatable bonds is 8. The summed E-state index contributed by atoms with van der Waals surface area (Å²) in [6.07, 6.45) is 2.81. The molecule has 1 heterocycles. The summed E-state index contributed by atoms with van der Waals surface area (Å²) in [6.45, 7) is 8.62. The van der Waals surface area contributed by atoms with Crippen molar-refractivity contribution in [2.45, 2.75) is 51.6 Å². The van der Waals surface area contributed by atoms with E-state index in [1.54, 1.807) is 0 Å². The monoisotopic (exact) mass is 394 g/mol. The Morgan fingerprint density at radius 3 is 2.28 bits per heavy atom. The molecular formula is C25H34N2O2. The normalized spacial score (nSPS) is 17.1. The molecule has 1 unspecified atom stereocenters. The number of ether oxygens (including phenoxy) is 1. The molecule has 1 aliphatic heterocycles. The van der Waals surface area contributed by atoms with E-state index in [0.29, 0.717) is 25.7 Å². The molecule has 1 fully saturated rings. The Hall–Kier alpha value is -2.17. The van der Waals surface area contributed by atoms with Gasteiger partial charge in [0.25, 0.3) is 5.91 Å². The lowest BCUT2D eigenvalue weighted by atomic mass is 9.88. The summed E-state index contributed by atoms with van der Waals surface area (Å²) in [5.41, 5.74) is 3.10. The van der Waals surface area contributed by atoms with E-state index in [1.807, 2.05) is 18.2 Å². The van der Waals surface area contributed by atoms with Gasteiger partial charge in [-0.15, -0.1) is 0 Å². The summed E-state index contributed by atoms with van der Waals surface area (Å²) in [5, 5.41) is 6.96. The number of hydrogen-bond donors (Lipinski definition) is 2. The third-order valence-electron chi connectivity index (χ3n) is 5.72. The molecule has 0 aliphatic carbocycles. The van der Waals surface area contributed by atoms with Gasteiger partial charge in [0.05, 0.1) is 0 Å². The van der Waals surface area contributed by atoms with Crippen molar-refractivity contribution >= 4 is 5.91 Å². The van der Waals surface area contributed by atoms with Crippen LogP contribution in [0.3, 0.4) is 0 Å². The molecular weight excluding hydrogens is 360 g/mol. The van der Waals surface area contributed by atoms with Crippen LogP contribution in [0.5, 0.6) is 0 Å². The molecule has 2 aromatic rings. The summed E-state index contributed by atoms with van der Waals surface area (Å²) < 4.78 is 5.60. The van der Waals surface area contributed by atoms with E-state index in [9.17, 15) is 4.79 Å². The largest absolute Gasteiger partial charge is 0.381 e. The van der Waals surface area contributed by atoms with E-state index < -0.39 is 0 Å². The number of carbonyl (C=O) groups is 1. The van der Waals surface area contributed by atoms with Crippen LogP contribution in [-0.2, 0) is 11.2 Å². The van der Waals surface area contributed by atoms with E-state index in [-0.39, 0.29) is 17.5 Å². The molecule has 4 heteroatoms. The van der Waals surface area contributed by atoms with Crippen LogP contribution in [0.4, 0.5) is 0 Å². The Bertz CT molecular complexity index is 765. The summed E-state index contributed by atoms with van der Waals surface area (Å²) in [5.74, 6) is 0.599. The van der Waals surface area contributed by atoms with E-state index in [2.05, 4.69) is 67.8 Å². The summed E-state index contributed by atoms with van der Waals surface area (Å²) in [6, 6.07) is 18.7. The van der Waals surface area contributed by atoms with Crippen LogP contribution in [0.2, 0.25) is 0 Å². The summed E-state index contributed by atoms with van der Waals surface area (Å²) in [7, 11) is 0. The van der Waals surface area contributed by atoms with Gasteiger partial charge in [0.15, 0.2) is 0 Å². The molecule has 29 heavy (non-hydrogen) atoms. The van der Waals surface area contributed by atoms with Crippen molar-refractivity contribution < 1.29 is 9.53 Å². The number of carbonyl (C=O) groups excluding carboxylic acids is 1. The van der Waals surface area contributed by atoms with Crippen molar-refractivity contribution in [3.8, 4) is 0 Å². The van der Waals surface area contributed by atoms with Crippen LogP contribution < -0.4 is 10.6 Å². The zero-order valence-electron chi connectivity index (χ0n) is 17.9. The van der Waals surface area contributed by atoms with Crippen LogP contribution in [0.1, 0.15) is 61.1 Å². The second kappa shape index (κ2) is 10.0. The van der Waals surface area contributed by atoms with E-state index in [4.69, 9.17) is 4.74 Å². The van der Waals surface area contributed by atoms with Crippen molar-refractivity contribution in [2.75, 3.05) is 19.8 Å². The van der Waals surface area contributed by atoms with Crippen LogP contribution in [0.25, 0.3) is 0 Å². The van der Waals surface area contributed by atoms with Crippen molar-refractivity contribution in [1.29, 1.82) is 0 Å². The first-order valence-corrected chi connectivity index (χ1v) is 10.7. The molecule has 1 atom stereocenters. The van der Waals surface area contributed by atoms with Gasteiger partial charge in [-0.3, -0.25) is 4.79 Å². The van der Waals surface area contributed by atoms with Crippen molar-refractivity contribution in [3.63, 3.8) is 0 Å². The molecule has 1 saturated heterocycles. The molecule has 1 amide bonds. The third kappa shape index (κ3) is 6.15. The molecule has 0 bridgehead atoms. The number of amides is 1. The molecule has 2 aromatic carbocycles. The van der Waals surface area contributed by atoms with Crippen molar-refractivity contribution in [2.24, 2.45) is 5.92 Å². The highest BCUT2D eigenvalue weighted by atomic mass is 16.5. The first-order valence-electron chi connectivity index (χ1n) is 10.7. The van der Waals surface area contributed by atoms with E-state index in [1.165, 1.54) is 11.1 Å². The average Bonchev–Trinajstić information content (AvgIpc) is 2.73. The molecule has 3 rings (SSSR count). The fourth-order valence-corrected chi connectivity index (χ4v) is 4.03. The molecule has 0 spiro atoms. The SMILES string of the molecule is CC(C)Cc1ccc(C(=O)NCC2(NC(C)c3ccccc3)CCOCC2)cc1. The average molecular weight is 395 g/mol. The highest BCUT2D eigenvalue weighted by Gasteiger charge is 2.34. The molecule has 2 N–H and O–H groups in total. The lowest BCUT2D eigenvalue weighted by Gasteiger charge is -2.40. The minimum absolute atomic E-state index is 0.0128. The standard InChI is InChI=1S/C25H34N2O2/c1-19(2)17-21-9-11-23(12-10-21)24(28)26-18-25(13-15-29-16-14-25)27-20(3)22-7-5-4-6-8-22/h4-12,19-20,27H,13-18H2,1-3H3,(H,26,28). The maximum Gasteiger partial charge on any atom is 0.251 e. The van der Waals surface area contributed by atoms with Gasteiger partial charge < -0.3 is 15.4 Å². The Labute approximate surface area is 175 Å². The maximum atomic E-state index is 12.7. The second-order valence-electron chi connectivity index (χ2n) is 8.65. The zero-order valence-corrected chi connectivity index (χ0v) is 17.9. The van der Waals surface area contributed by atoms with Crippen molar-refractivity contribution in [3.05, 3.63) is 71.3 Å². The highest BCUT2D eigenvalue weighted by Crippen LogP contribution is 2.25. The Morgan fingerprint density at radius 2 is 1.66 bits per heavy atom. The Kier molecular flexibility index (Phi) is 7.45. The predicted octanol–water partition coefficient (Wildman–Crippen LogP) is 4.51. The Morgan fingerprint density at radius 1 is 1.00 bits per heavy atom. The molecule has 4 nitrogen and oxygen atoms in total. The number of benzene rings is 2. The zero-order chi connectivity index (χ0) is 20.7. The van der Waals surface area contributed by atoms with Crippen LogP contribution in [0.15, 0.2) is 54.6 Å². The fraction of sp³-hybridized carbons (Fsp3) is 0.480. The van der Waals surface area contributed by atoms with Crippen LogP contribution >= 0.6 is 0 Å². The quantitative estimate of drug-likeness (QED) is 0.692. The topological polar surface area (TPSA) is 50.4 Å². The lowest BCUT2D eigenvalue weighted by Crippen LogP contribution is -2.57. The van der Waals surface area contributed by atoms with Gasteiger partial charge >= 0.3 is 0 Å². The second-order valence-corrected chi connectivity index (χ2v) is 8.65. The van der Waals surface area contributed by atoms with Crippen molar-refractivity contribution in [1.82, 2.24) is 10.6 Å². The summed E-state index contributed by atoms with van der Waals surface area (Å²) in [4.78, 5) is 12.7. The van der Waals surface area contributed by atoms with Gasteiger partial charge in [0.2, 0.25) is 0 Å². The van der Waals surface area contributed by atoms with Gasteiger partial charge in [0.1, 0.15) is 0 Å². The number of hydrogen-bond acceptors (Lipinski definition) is 3. The van der Waals surface area contributed by atoms with Gasteiger partial charge in [-0.1, -0.05) is 56.3 Å². The van der Waals surface area contributed by atoms with Gasteiger partial charge in [-0.05, 0) is 55.4 Å². The molecule has 0 aromatic heterocycles. The predicted molar refractivity (Wildman–Crippen MR) is 118 cm³/mol. The van der Waals surface area contributed by atoms with Crippen LogP contribution in [-0.4, -0.2) is 31.2 Å². The first-order chi connectivity index (χ1) is 14.0. The maximum absolute atomic E-state index is 12.7. The molecule has 0 radical (unpaired) electrons. The molecule has 156 valence electrons. The first kappa shape index (κ1) is 21.5. The van der Waals surface area contributed by atoms with Gasteiger partial charge in [-0.25, -0.2) is 0 Å². The minimum atomic E-state index is -0.152. The molecule has 0 saturated carbocycles. The Balaban J connectivity index is 1.63. The highest BCUT2D eigenvalue weighted by molar-refractivity contribution is 5.94. The number of nitrogens with one attached hydrogen (secondary N) is 2.